The zero-order valence-corrected chi connectivity index (χ0v) is 19.2. The minimum Gasteiger partial charge on any atom is -0.348 e. The molecule has 0 radical (unpaired) electrons. The van der Waals surface area contributed by atoms with Gasteiger partial charge in [0.05, 0.1) is 18.0 Å². The average molecular weight is 417 g/mol. The number of hydrogen-bond donors (Lipinski definition) is 1. The average Bonchev–Trinajstić information content (AvgIpc) is 2.60. The number of rotatable bonds is 6. The van der Waals surface area contributed by atoms with Crippen LogP contribution in [0, 0.1) is 6.92 Å². The maximum Gasteiger partial charge on any atom is 0.244 e. The number of amides is 1. The van der Waals surface area contributed by atoms with Crippen molar-refractivity contribution in [2.24, 2.45) is 0 Å². The van der Waals surface area contributed by atoms with Crippen LogP contribution in [0.2, 0.25) is 0 Å². The maximum atomic E-state index is 12.9. The fourth-order valence-corrected chi connectivity index (χ4v) is 4.43. The van der Waals surface area contributed by atoms with E-state index in [-0.39, 0.29) is 17.4 Å². The molecule has 0 fully saturated rings. The van der Waals surface area contributed by atoms with Crippen molar-refractivity contribution in [3.8, 4) is 0 Å². The Morgan fingerprint density at radius 3 is 2.10 bits per heavy atom. The van der Waals surface area contributed by atoms with Crippen LogP contribution in [0.3, 0.4) is 0 Å². The molecule has 0 spiro atoms. The van der Waals surface area contributed by atoms with Gasteiger partial charge in [-0.2, -0.15) is 0 Å². The van der Waals surface area contributed by atoms with Gasteiger partial charge in [-0.05, 0) is 55.0 Å². The molecule has 158 valence electrons. The number of hydrogen-bond acceptors (Lipinski definition) is 3. The van der Waals surface area contributed by atoms with E-state index in [9.17, 15) is 13.2 Å². The zero-order valence-electron chi connectivity index (χ0n) is 18.4. The highest BCUT2D eigenvalue weighted by Crippen LogP contribution is 2.25. The maximum absolute atomic E-state index is 12.9. The molecule has 0 aliphatic heterocycles. The van der Waals surface area contributed by atoms with Crippen LogP contribution in [0.15, 0.2) is 48.5 Å². The van der Waals surface area contributed by atoms with Crippen molar-refractivity contribution in [2.45, 2.75) is 59.0 Å². The molecule has 2 atom stereocenters. The van der Waals surface area contributed by atoms with E-state index in [4.69, 9.17) is 0 Å². The van der Waals surface area contributed by atoms with Gasteiger partial charge in [-0.15, -0.1) is 0 Å². The Morgan fingerprint density at radius 2 is 1.62 bits per heavy atom. The SMILES string of the molecule is Cc1cccc(N(C(C)C(=O)NC(C)c2ccc(C(C)(C)C)cc2)S(C)(=O)=O)c1. The van der Waals surface area contributed by atoms with Crippen molar-refractivity contribution < 1.29 is 13.2 Å². The van der Waals surface area contributed by atoms with E-state index >= 15 is 0 Å². The molecule has 2 aromatic rings. The van der Waals surface area contributed by atoms with Gasteiger partial charge in [0.15, 0.2) is 0 Å². The lowest BCUT2D eigenvalue weighted by Gasteiger charge is -2.29. The summed E-state index contributed by atoms with van der Waals surface area (Å²) in [5, 5.41) is 2.95. The molecule has 0 bridgehead atoms. The monoisotopic (exact) mass is 416 g/mol. The van der Waals surface area contributed by atoms with E-state index in [0.29, 0.717) is 5.69 Å². The molecule has 1 amide bonds. The second-order valence-corrected chi connectivity index (χ2v) is 10.5. The Labute approximate surface area is 175 Å². The Hall–Kier alpha value is -2.34. The van der Waals surface area contributed by atoms with Gasteiger partial charge in [-0.1, -0.05) is 57.2 Å². The molecule has 0 aliphatic carbocycles. The molecule has 2 aromatic carbocycles. The molecule has 0 saturated carbocycles. The van der Waals surface area contributed by atoms with Crippen LogP contribution in [-0.4, -0.2) is 26.6 Å². The quantitative estimate of drug-likeness (QED) is 0.762. The van der Waals surface area contributed by atoms with Crippen molar-refractivity contribution in [1.82, 2.24) is 5.32 Å². The predicted molar refractivity (Wildman–Crippen MR) is 120 cm³/mol. The van der Waals surface area contributed by atoms with Crippen LogP contribution in [0.25, 0.3) is 0 Å². The molecule has 5 nitrogen and oxygen atoms in total. The lowest BCUT2D eigenvalue weighted by Crippen LogP contribution is -2.48. The summed E-state index contributed by atoms with van der Waals surface area (Å²) in [6.45, 7) is 11.8. The zero-order chi connectivity index (χ0) is 22.0. The van der Waals surface area contributed by atoms with Crippen LogP contribution in [0.5, 0.6) is 0 Å². The highest BCUT2D eigenvalue weighted by atomic mass is 32.2. The molecule has 2 rings (SSSR count). The van der Waals surface area contributed by atoms with E-state index in [2.05, 4.69) is 38.2 Å². The van der Waals surface area contributed by atoms with Gasteiger partial charge >= 0.3 is 0 Å². The number of sulfonamides is 1. The van der Waals surface area contributed by atoms with Crippen molar-refractivity contribution in [3.63, 3.8) is 0 Å². The summed E-state index contributed by atoms with van der Waals surface area (Å²) in [4.78, 5) is 12.9. The summed E-state index contributed by atoms with van der Waals surface area (Å²) in [6.07, 6.45) is 1.12. The van der Waals surface area contributed by atoms with Gasteiger partial charge in [0.1, 0.15) is 6.04 Å². The topological polar surface area (TPSA) is 66.5 Å². The van der Waals surface area contributed by atoms with Crippen molar-refractivity contribution in [2.75, 3.05) is 10.6 Å². The predicted octanol–water partition coefficient (Wildman–Crippen LogP) is 4.32. The largest absolute Gasteiger partial charge is 0.348 e. The third-order valence-corrected chi connectivity index (χ3v) is 6.22. The van der Waals surface area contributed by atoms with Crippen LogP contribution in [0.1, 0.15) is 57.4 Å². The number of carbonyl (C=O) groups is 1. The third-order valence-electron chi connectivity index (χ3n) is 4.98. The Morgan fingerprint density at radius 1 is 1.03 bits per heavy atom. The number of carbonyl (C=O) groups excluding carboxylic acids is 1. The highest BCUT2D eigenvalue weighted by molar-refractivity contribution is 7.92. The number of nitrogens with one attached hydrogen (secondary N) is 1. The normalized spacial score (nSPS) is 14.2. The minimum atomic E-state index is -3.63. The van der Waals surface area contributed by atoms with Gasteiger partial charge in [-0.3, -0.25) is 9.10 Å². The van der Waals surface area contributed by atoms with E-state index in [1.807, 2.05) is 32.0 Å². The molecule has 6 heteroatoms. The molecule has 29 heavy (non-hydrogen) atoms. The lowest BCUT2D eigenvalue weighted by atomic mass is 9.86. The molecule has 0 aliphatic rings. The fourth-order valence-electron chi connectivity index (χ4n) is 3.26. The Kier molecular flexibility index (Phi) is 6.78. The molecule has 2 unspecified atom stereocenters. The Bertz CT molecular complexity index is 960. The van der Waals surface area contributed by atoms with E-state index < -0.39 is 16.1 Å². The number of nitrogens with zero attached hydrogens (tertiary/aromatic N) is 1. The minimum absolute atomic E-state index is 0.0589. The molecule has 1 N–H and O–H groups in total. The molecule has 0 heterocycles. The van der Waals surface area contributed by atoms with Gasteiger partial charge in [-0.25, -0.2) is 8.42 Å². The summed E-state index contributed by atoms with van der Waals surface area (Å²) in [7, 11) is -3.63. The number of benzene rings is 2. The van der Waals surface area contributed by atoms with Crippen LogP contribution in [0.4, 0.5) is 5.69 Å². The number of aryl methyl sites for hydroxylation is 1. The van der Waals surface area contributed by atoms with Gasteiger partial charge in [0.2, 0.25) is 15.9 Å². The second kappa shape index (κ2) is 8.57. The second-order valence-electron chi connectivity index (χ2n) is 8.68. The molecule has 0 aromatic heterocycles. The summed E-state index contributed by atoms with van der Waals surface area (Å²) in [5.41, 5.74) is 3.66. The summed E-state index contributed by atoms with van der Waals surface area (Å²) >= 11 is 0. The first-order valence-electron chi connectivity index (χ1n) is 9.77. The van der Waals surface area contributed by atoms with E-state index in [1.54, 1.807) is 25.1 Å². The first kappa shape index (κ1) is 22.9. The summed E-state index contributed by atoms with van der Waals surface area (Å²) in [6, 6.07) is 14.2. The highest BCUT2D eigenvalue weighted by Gasteiger charge is 2.30. The van der Waals surface area contributed by atoms with Crippen LogP contribution >= 0.6 is 0 Å². The standard InChI is InChI=1S/C23H32N2O3S/c1-16-9-8-10-21(15-16)25(29(7,27)28)18(3)22(26)24-17(2)19-11-13-20(14-12-19)23(4,5)6/h8-15,17-18H,1-7H3,(H,24,26). The summed E-state index contributed by atoms with van der Waals surface area (Å²) < 4.78 is 26.0. The van der Waals surface area contributed by atoms with Gasteiger partial charge in [0.25, 0.3) is 0 Å². The van der Waals surface area contributed by atoms with Crippen molar-refractivity contribution >= 4 is 21.6 Å². The summed E-state index contributed by atoms with van der Waals surface area (Å²) in [5.74, 6) is -0.343. The number of anilines is 1. The molecular formula is C23H32N2O3S. The molecule has 0 saturated heterocycles. The van der Waals surface area contributed by atoms with E-state index in [0.717, 1.165) is 17.4 Å². The third kappa shape index (κ3) is 5.82. The van der Waals surface area contributed by atoms with Crippen molar-refractivity contribution in [3.05, 3.63) is 65.2 Å². The van der Waals surface area contributed by atoms with Crippen LogP contribution in [-0.2, 0) is 20.2 Å². The Balaban J connectivity index is 2.21. The fraction of sp³-hybridized carbons (Fsp3) is 0.435. The lowest BCUT2D eigenvalue weighted by molar-refractivity contribution is -0.122. The first-order valence-corrected chi connectivity index (χ1v) is 11.6. The van der Waals surface area contributed by atoms with Gasteiger partial charge < -0.3 is 5.32 Å². The molecular weight excluding hydrogens is 384 g/mol. The van der Waals surface area contributed by atoms with Crippen LogP contribution < -0.4 is 9.62 Å². The van der Waals surface area contributed by atoms with Crippen molar-refractivity contribution in [1.29, 1.82) is 0 Å². The smallest absolute Gasteiger partial charge is 0.244 e. The first-order chi connectivity index (χ1) is 13.3. The van der Waals surface area contributed by atoms with E-state index in [1.165, 1.54) is 9.87 Å². The van der Waals surface area contributed by atoms with Gasteiger partial charge in [0, 0.05) is 0 Å².